The zero-order chi connectivity index (χ0) is 19.2. The lowest BCUT2D eigenvalue weighted by Crippen LogP contribution is -2.37. The second-order valence-corrected chi connectivity index (χ2v) is 7.52. The van der Waals surface area contributed by atoms with Gasteiger partial charge in [-0.25, -0.2) is 4.99 Å². The van der Waals surface area contributed by atoms with E-state index in [9.17, 15) is 0 Å². The quantitative estimate of drug-likeness (QED) is 0.852. The van der Waals surface area contributed by atoms with Gasteiger partial charge in [-0.05, 0) is 64.2 Å². The Morgan fingerprint density at radius 2 is 1.65 bits per heavy atom. The molecule has 0 spiro atoms. The smallest absolute Gasteiger partial charge is 0.128 e. The molecular formula is C22H32N4. The average Bonchev–Trinajstić information content (AvgIpc) is 2.83. The summed E-state index contributed by atoms with van der Waals surface area (Å²) in [5, 5.41) is 0. The van der Waals surface area contributed by atoms with E-state index in [1.807, 2.05) is 0 Å². The van der Waals surface area contributed by atoms with E-state index >= 15 is 0 Å². The molecule has 3 rings (SSSR count). The molecule has 2 N–H and O–H groups in total. The van der Waals surface area contributed by atoms with Crippen LogP contribution in [0, 0.1) is 27.7 Å². The van der Waals surface area contributed by atoms with Crippen LogP contribution < -0.4 is 10.6 Å². The molecule has 4 heteroatoms. The fraction of sp³-hybridized carbons (Fsp3) is 0.500. The highest BCUT2D eigenvalue weighted by Crippen LogP contribution is 2.41. The molecule has 1 aliphatic heterocycles. The number of aryl methyl sites for hydroxylation is 3. The number of rotatable bonds is 4. The van der Waals surface area contributed by atoms with E-state index in [1.165, 1.54) is 45.0 Å². The van der Waals surface area contributed by atoms with Gasteiger partial charge in [0, 0.05) is 17.8 Å². The average molecular weight is 353 g/mol. The van der Waals surface area contributed by atoms with Gasteiger partial charge in [-0.1, -0.05) is 31.5 Å². The number of hydrogen-bond acceptors (Lipinski definition) is 3. The van der Waals surface area contributed by atoms with Crippen molar-refractivity contribution in [2.75, 3.05) is 11.4 Å². The molecule has 1 aliphatic rings. The summed E-state index contributed by atoms with van der Waals surface area (Å²) in [7, 11) is 0. The first-order valence-electron chi connectivity index (χ1n) is 9.71. The van der Waals surface area contributed by atoms with E-state index < -0.39 is 0 Å². The van der Waals surface area contributed by atoms with Gasteiger partial charge < -0.3 is 10.6 Å². The summed E-state index contributed by atoms with van der Waals surface area (Å²) in [6.45, 7) is 16.3. The molecule has 0 aliphatic carbocycles. The van der Waals surface area contributed by atoms with E-state index in [0.29, 0.717) is 0 Å². The molecule has 0 bridgehead atoms. The Balaban J connectivity index is 2.40. The first-order valence-corrected chi connectivity index (χ1v) is 9.71. The van der Waals surface area contributed by atoms with Crippen molar-refractivity contribution < 1.29 is 0 Å². The second kappa shape index (κ2) is 6.92. The maximum atomic E-state index is 6.48. The van der Waals surface area contributed by atoms with Gasteiger partial charge in [-0.15, -0.1) is 0 Å². The summed E-state index contributed by atoms with van der Waals surface area (Å²) in [6.07, 6.45) is 1.76. The molecule has 0 amide bonds. The summed E-state index contributed by atoms with van der Waals surface area (Å²) >= 11 is 0. The third-order valence-corrected chi connectivity index (χ3v) is 5.47. The molecule has 0 radical (unpaired) electrons. The zero-order valence-corrected chi connectivity index (χ0v) is 17.3. The Bertz CT molecular complexity index is 850. The maximum Gasteiger partial charge on any atom is 0.128 e. The lowest BCUT2D eigenvalue weighted by molar-refractivity contribution is 0.727. The predicted octanol–water partition coefficient (Wildman–Crippen LogP) is 4.88. The third kappa shape index (κ3) is 2.77. The van der Waals surface area contributed by atoms with Crippen molar-refractivity contribution in [3.8, 4) is 5.69 Å². The number of nitrogens with zero attached hydrogens (tertiary/aromatic N) is 3. The summed E-state index contributed by atoms with van der Waals surface area (Å²) in [4.78, 5) is 7.08. The predicted molar refractivity (Wildman–Crippen MR) is 112 cm³/mol. The van der Waals surface area contributed by atoms with Crippen LogP contribution >= 0.6 is 0 Å². The topological polar surface area (TPSA) is 46.5 Å². The van der Waals surface area contributed by atoms with Crippen molar-refractivity contribution in [1.82, 2.24) is 4.57 Å². The van der Waals surface area contributed by atoms with Gasteiger partial charge in [0.15, 0.2) is 0 Å². The van der Waals surface area contributed by atoms with Crippen LogP contribution in [0.15, 0.2) is 17.1 Å². The molecule has 0 saturated heterocycles. The summed E-state index contributed by atoms with van der Waals surface area (Å²) in [6, 6.07) is 4.55. The first kappa shape index (κ1) is 18.7. The molecule has 0 fully saturated rings. The Kier molecular flexibility index (Phi) is 4.98. The summed E-state index contributed by atoms with van der Waals surface area (Å²) < 4.78 is 2.46. The zero-order valence-electron chi connectivity index (χ0n) is 17.3. The van der Waals surface area contributed by atoms with Crippen LogP contribution in [0.4, 0.5) is 5.82 Å². The van der Waals surface area contributed by atoms with E-state index in [0.717, 1.165) is 25.2 Å². The molecule has 2 aromatic rings. The van der Waals surface area contributed by atoms with Crippen LogP contribution in [0.3, 0.4) is 0 Å². The maximum absolute atomic E-state index is 6.48. The fourth-order valence-electron chi connectivity index (χ4n) is 4.53. The number of aromatic nitrogens is 1. The highest BCUT2D eigenvalue weighted by Gasteiger charge is 2.32. The van der Waals surface area contributed by atoms with E-state index in [-0.39, 0.29) is 6.17 Å². The number of fused-ring (bicyclic) bond motifs is 1. The van der Waals surface area contributed by atoms with Gasteiger partial charge in [0.25, 0.3) is 0 Å². The Labute approximate surface area is 157 Å². The summed E-state index contributed by atoms with van der Waals surface area (Å²) in [5.74, 6) is 2.23. The van der Waals surface area contributed by atoms with Gasteiger partial charge in [-0.2, -0.15) is 0 Å². The number of hydrogen-bond donors (Lipinski definition) is 1. The normalized spacial score (nSPS) is 16.7. The van der Waals surface area contributed by atoms with Crippen LogP contribution in [0.25, 0.3) is 5.69 Å². The molecular weight excluding hydrogens is 320 g/mol. The van der Waals surface area contributed by atoms with Gasteiger partial charge in [-0.3, -0.25) is 4.57 Å². The van der Waals surface area contributed by atoms with Crippen LogP contribution in [0.5, 0.6) is 0 Å². The molecule has 1 atom stereocenters. The SMILES string of the molecule is CCCN1C(C)=NC(N)c2c(C)c(CC)n(-c3c(C)cc(C)cc3C)c21. The van der Waals surface area contributed by atoms with Crippen molar-refractivity contribution in [3.05, 3.63) is 45.6 Å². The van der Waals surface area contributed by atoms with Crippen molar-refractivity contribution in [2.45, 2.75) is 67.5 Å². The van der Waals surface area contributed by atoms with E-state index in [4.69, 9.17) is 10.7 Å². The Hall–Kier alpha value is -2.07. The number of benzene rings is 1. The van der Waals surface area contributed by atoms with Crippen LogP contribution in [-0.4, -0.2) is 16.9 Å². The van der Waals surface area contributed by atoms with Crippen molar-refractivity contribution >= 4 is 11.7 Å². The molecule has 4 nitrogen and oxygen atoms in total. The van der Waals surface area contributed by atoms with Gasteiger partial charge in [0.2, 0.25) is 0 Å². The molecule has 0 saturated carbocycles. The van der Waals surface area contributed by atoms with Gasteiger partial charge in [0.1, 0.15) is 17.8 Å². The lowest BCUT2D eigenvalue weighted by Gasteiger charge is -2.33. The monoisotopic (exact) mass is 352 g/mol. The van der Waals surface area contributed by atoms with Crippen molar-refractivity contribution in [2.24, 2.45) is 10.7 Å². The second-order valence-electron chi connectivity index (χ2n) is 7.52. The molecule has 2 heterocycles. The number of aliphatic imine (C=N–C) groups is 1. The largest absolute Gasteiger partial charge is 0.316 e. The van der Waals surface area contributed by atoms with Gasteiger partial charge >= 0.3 is 0 Å². The standard InChI is InChI=1S/C22H32N4/c1-8-10-25-17(7)24-21(23)19-16(6)18(9-2)26(22(19)25)20-14(4)11-13(3)12-15(20)5/h11-12,21H,8-10,23H2,1-7H3. The number of amidine groups is 1. The number of anilines is 1. The molecule has 1 aromatic carbocycles. The molecule has 26 heavy (non-hydrogen) atoms. The Morgan fingerprint density at radius 3 is 2.19 bits per heavy atom. The minimum absolute atomic E-state index is 0.282. The van der Waals surface area contributed by atoms with Gasteiger partial charge in [0.05, 0.1) is 5.69 Å². The number of nitrogens with two attached hydrogens (primary N) is 1. The first-order chi connectivity index (χ1) is 12.3. The van der Waals surface area contributed by atoms with Crippen LogP contribution in [0.1, 0.15) is 66.9 Å². The minimum atomic E-state index is -0.282. The molecule has 1 unspecified atom stereocenters. The van der Waals surface area contributed by atoms with E-state index in [2.05, 4.69) is 70.1 Å². The molecule has 140 valence electrons. The highest BCUT2D eigenvalue weighted by atomic mass is 15.3. The lowest BCUT2D eigenvalue weighted by atomic mass is 10.0. The van der Waals surface area contributed by atoms with E-state index in [1.54, 1.807) is 0 Å². The van der Waals surface area contributed by atoms with Crippen molar-refractivity contribution in [1.29, 1.82) is 0 Å². The van der Waals surface area contributed by atoms with Crippen LogP contribution in [-0.2, 0) is 6.42 Å². The third-order valence-electron chi connectivity index (χ3n) is 5.47. The Morgan fingerprint density at radius 1 is 1.04 bits per heavy atom. The highest BCUT2D eigenvalue weighted by molar-refractivity contribution is 5.98. The fourth-order valence-corrected chi connectivity index (χ4v) is 4.53. The van der Waals surface area contributed by atoms with Crippen molar-refractivity contribution in [3.63, 3.8) is 0 Å². The molecule has 1 aromatic heterocycles. The van der Waals surface area contributed by atoms with Crippen LogP contribution in [0.2, 0.25) is 0 Å². The summed E-state index contributed by atoms with van der Waals surface area (Å²) in [5.41, 5.74) is 15.5. The minimum Gasteiger partial charge on any atom is -0.316 e.